The normalized spacial score (nSPS) is 21.1. The van der Waals surface area contributed by atoms with Gasteiger partial charge in [0.15, 0.2) is 11.5 Å². The Kier molecular flexibility index (Phi) is 3.94. The predicted octanol–water partition coefficient (Wildman–Crippen LogP) is 3.70. The molecule has 2 aliphatic heterocycles. The smallest absolute Gasteiger partial charge is 0.231 e. The highest BCUT2D eigenvalue weighted by Crippen LogP contribution is 2.47. The van der Waals surface area contributed by atoms with Crippen molar-refractivity contribution in [3.05, 3.63) is 47.5 Å². The Morgan fingerprint density at radius 3 is 2.50 bits per heavy atom. The Labute approximate surface area is 141 Å². The molecule has 5 nitrogen and oxygen atoms in total. The molecule has 0 radical (unpaired) electrons. The lowest BCUT2D eigenvalue weighted by atomic mass is 9.86. The van der Waals surface area contributed by atoms with E-state index in [1.165, 1.54) is 5.56 Å². The second-order valence-electron chi connectivity index (χ2n) is 5.81. The van der Waals surface area contributed by atoms with Crippen LogP contribution in [0.15, 0.2) is 36.4 Å². The topological polar surface area (TPSA) is 46.2 Å². The largest absolute Gasteiger partial charge is 0.497 e. The number of hydrogen-bond donors (Lipinski definition) is 0. The van der Waals surface area contributed by atoms with Crippen LogP contribution in [0.2, 0.25) is 0 Å². The molecule has 2 atom stereocenters. The van der Waals surface area contributed by atoms with E-state index in [1.54, 1.807) is 7.11 Å². The molecule has 5 heteroatoms. The van der Waals surface area contributed by atoms with E-state index in [-0.39, 0.29) is 19.0 Å². The first-order valence-electron chi connectivity index (χ1n) is 8.14. The third-order valence-electron chi connectivity index (χ3n) is 4.44. The lowest BCUT2D eigenvalue weighted by Gasteiger charge is -2.32. The van der Waals surface area contributed by atoms with Gasteiger partial charge in [-0.2, -0.15) is 0 Å². The Morgan fingerprint density at radius 1 is 1.04 bits per heavy atom. The van der Waals surface area contributed by atoms with Crippen LogP contribution < -0.4 is 18.9 Å². The summed E-state index contributed by atoms with van der Waals surface area (Å²) in [5.41, 5.74) is 2.30. The molecule has 0 fully saturated rings. The Morgan fingerprint density at radius 2 is 1.79 bits per heavy atom. The minimum Gasteiger partial charge on any atom is -0.497 e. The van der Waals surface area contributed by atoms with Crippen molar-refractivity contribution in [1.29, 1.82) is 0 Å². The van der Waals surface area contributed by atoms with Crippen molar-refractivity contribution in [2.45, 2.75) is 25.6 Å². The molecule has 24 heavy (non-hydrogen) atoms. The molecule has 2 aliphatic rings. The Balaban J connectivity index is 1.74. The van der Waals surface area contributed by atoms with Gasteiger partial charge in [0.1, 0.15) is 11.5 Å². The summed E-state index contributed by atoms with van der Waals surface area (Å²) in [6.07, 6.45) is 0.488. The van der Waals surface area contributed by atoms with Gasteiger partial charge >= 0.3 is 0 Å². The molecule has 0 saturated carbocycles. The highest BCUT2D eigenvalue weighted by atomic mass is 16.7. The van der Waals surface area contributed by atoms with Crippen LogP contribution in [0.1, 0.15) is 30.4 Å². The van der Waals surface area contributed by atoms with Gasteiger partial charge in [0.25, 0.3) is 0 Å². The van der Waals surface area contributed by atoms with E-state index in [9.17, 15) is 0 Å². The predicted molar refractivity (Wildman–Crippen MR) is 88.1 cm³/mol. The van der Waals surface area contributed by atoms with E-state index in [2.05, 4.69) is 12.1 Å². The summed E-state index contributed by atoms with van der Waals surface area (Å²) in [7, 11) is 1.67. The van der Waals surface area contributed by atoms with Gasteiger partial charge in [-0.15, -0.1) is 0 Å². The molecule has 0 unspecified atom stereocenters. The zero-order valence-electron chi connectivity index (χ0n) is 13.8. The van der Waals surface area contributed by atoms with Gasteiger partial charge in [-0.25, -0.2) is 0 Å². The second-order valence-corrected chi connectivity index (χ2v) is 5.81. The van der Waals surface area contributed by atoms with Crippen molar-refractivity contribution in [2.75, 3.05) is 20.5 Å². The third kappa shape index (κ3) is 2.65. The van der Waals surface area contributed by atoms with Crippen LogP contribution in [0.3, 0.4) is 0 Å². The minimum atomic E-state index is -0.269. The number of hydrogen-bond acceptors (Lipinski definition) is 5. The van der Waals surface area contributed by atoms with Gasteiger partial charge in [-0.1, -0.05) is 12.1 Å². The standard InChI is InChI=1S/C19H20O5/c1-3-21-19-9-14(12-4-6-13(20-2)7-5-12)15-8-17-18(23-11-22-17)10-16(15)24-19/h4-8,10,14,19H,3,9,11H2,1-2H3/t14-,19+/m0/s1. The molecule has 0 spiro atoms. The first-order valence-corrected chi connectivity index (χ1v) is 8.14. The molecule has 0 bridgehead atoms. The average molecular weight is 328 g/mol. The van der Waals surface area contributed by atoms with Crippen LogP contribution in [0.25, 0.3) is 0 Å². The molecule has 0 saturated heterocycles. The summed E-state index contributed by atoms with van der Waals surface area (Å²) >= 11 is 0. The highest BCUT2D eigenvalue weighted by Gasteiger charge is 2.32. The molecule has 4 rings (SSSR count). The maximum absolute atomic E-state index is 6.01. The van der Waals surface area contributed by atoms with Crippen molar-refractivity contribution in [1.82, 2.24) is 0 Å². The fraction of sp³-hybridized carbons (Fsp3) is 0.368. The summed E-state index contributed by atoms with van der Waals surface area (Å²) in [5, 5.41) is 0. The zero-order valence-corrected chi connectivity index (χ0v) is 13.8. The number of rotatable bonds is 4. The van der Waals surface area contributed by atoms with Crippen LogP contribution in [0.4, 0.5) is 0 Å². The van der Waals surface area contributed by atoms with Gasteiger partial charge in [-0.3, -0.25) is 0 Å². The molecule has 2 aromatic rings. The second kappa shape index (κ2) is 6.24. The molecule has 0 aromatic heterocycles. The van der Waals surface area contributed by atoms with Crippen molar-refractivity contribution < 1.29 is 23.7 Å². The number of fused-ring (bicyclic) bond motifs is 2. The van der Waals surface area contributed by atoms with E-state index in [4.69, 9.17) is 23.7 Å². The van der Waals surface area contributed by atoms with Gasteiger partial charge in [-0.05, 0) is 30.7 Å². The van der Waals surface area contributed by atoms with Gasteiger partial charge < -0.3 is 23.7 Å². The molecule has 2 aromatic carbocycles. The van der Waals surface area contributed by atoms with Crippen LogP contribution in [-0.2, 0) is 4.74 Å². The first-order chi connectivity index (χ1) is 11.8. The van der Waals surface area contributed by atoms with Crippen LogP contribution in [0.5, 0.6) is 23.0 Å². The maximum atomic E-state index is 6.01. The summed E-state index contributed by atoms with van der Waals surface area (Å²) in [4.78, 5) is 0. The van der Waals surface area contributed by atoms with Gasteiger partial charge in [0.2, 0.25) is 13.1 Å². The van der Waals surface area contributed by atoms with E-state index in [1.807, 2.05) is 31.2 Å². The van der Waals surface area contributed by atoms with Crippen molar-refractivity contribution in [2.24, 2.45) is 0 Å². The fourth-order valence-electron chi connectivity index (χ4n) is 3.26. The van der Waals surface area contributed by atoms with Crippen molar-refractivity contribution in [3.8, 4) is 23.0 Å². The SMILES string of the molecule is CCO[C@H]1C[C@@H](c2ccc(OC)cc2)c2cc3c(cc2O1)OCO3. The quantitative estimate of drug-likeness (QED) is 0.856. The average Bonchev–Trinajstić information content (AvgIpc) is 3.07. The minimum absolute atomic E-state index is 0.172. The summed E-state index contributed by atoms with van der Waals surface area (Å²) in [6, 6.07) is 12.1. The zero-order chi connectivity index (χ0) is 16.5. The van der Waals surface area contributed by atoms with E-state index in [0.717, 1.165) is 35.0 Å². The van der Waals surface area contributed by atoms with Gasteiger partial charge in [0, 0.05) is 30.6 Å². The fourth-order valence-corrected chi connectivity index (χ4v) is 3.26. The maximum Gasteiger partial charge on any atom is 0.231 e. The van der Waals surface area contributed by atoms with Gasteiger partial charge in [0.05, 0.1) is 7.11 Å². The molecule has 126 valence electrons. The number of methoxy groups -OCH3 is 1. The monoisotopic (exact) mass is 328 g/mol. The molecular formula is C19H20O5. The van der Waals surface area contributed by atoms with Crippen molar-refractivity contribution in [3.63, 3.8) is 0 Å². The van der Waals surface area contributed by atoms with Crippen LogP contribution in [0, 0.1) is 0 Å². The van der Waals surface area contributed by atoms with Crippen LogP contribution >= 0.6 is 0 Å². The number of benzene rings is 2. The molecule has 0 N–H and O–H groups in total. The Hall–Kier alpha value is -2.40. The Bertz CT molecular complexity index is 725. The highest BCUT2D eigenvalue weighted by molar-refractivity contribution is 5.55. The summed E-state index contributed by atoms with van der Waals surface area (Å²) < 4.78 is 28.0. The van der Waals surface area contributed by atoms with Crippen LogP contribution in [-0.4, -0.2) is 26.8 Å². The third-order valence-corrected chi connectivity index (χ3v) is 4.44. The summed E-state index contributed by atoms with van der Waals surface area (Å²) in [6.45, 7) is 2.83. The molecule has 2 heterocycles. The van der Waals surface area contributed by atoms with E-state index >= 15 is 0 Å². The lowest BCUT2D eigenvalue weighted by Crippen LogP contribution is -2.28. The van der Waals surface area contributed by atoms with Crippen molar-refractivity contribution >= 4 is 0 Å². The lowest BCUT2D eigenvalue weighted by molar-refractivity contribution is -0.0894. The van der Waals surface area contributed by atoms with E-state index < -0.39 is 0 Å². The summed E-state index contributed by atoms with van der Waals surface area (Å²) in [5.74, 6) is 3.30. The molecular weight excluding hydrogens is 308 g/mol. The molecule has 0 amide bonds. The van der Waals surface area contributed by atoms with E-state index in [0.29, 0.717) is 6.61 Å². The number of ether oxygens (including phenoxy) is 5. The first kappa shape index (κ1) is 15.1. The molecule has 0 aliphatic carbocycles.